The maximum atomic E-state index is 11.8. The number of alkyl halides is 2. The molecule has 1 atom stereocenters. The number of rotatable bonds is 4. The van der Waals surface area contributed by atoms with Crippen LogP contribution in [0.1, 0.15) is 13.3 Å². The van der Waals surface area contributed by atoms with E-state index < -0.39 is 20.8 Å². The summed E-state index contributed by atoms with van der Waals surface area (Å²) in [4.78, 5) is 0. The van der Waals surface area contributed by atoms with Gasteiger partial charge in [-0.2, -0.15) is 8.78 Å². The molecule has 6 heteroatoms. The monoisotopic (exact) mass is 187 g/mol. The molecule has 0 saturated heterocycles. The van der Waals surface area contributed by atoms with Gasteiger partial charge in [-0.05, 0) is 19.9 Å². The molecule has 0 heterocycles. The molecule has 0 aliphatic rings. The Hall–Kier alpha value is -0.230. The zero-order valence-electron chi connectivity index (χ0n) is 6.13. The Balaban J connectivity index is 4.32. The fraction of sp³-hybridized carbons (Fsp3) is 1.00. The van der Waals surface area contributed by atoms with E-state index in [4.69, 9.17) is 5.73 Å². The number of hydrogen-bond donors (Lipinski definition) is 1. The minimum atomic E-state index is -4.25. The smallest absolute Gasteiger partial charge is 0.330 e. The molecule has 0 fully saturated rings. The van der Waals surface area contributed by atoms with Gasteiger partial charge in [0.2, 0.25) is 9.84 Å². The standard InChI is InChI=1S/C5H11F2NO2S/c1-4(2-3-8)11(9,10)5(6)7/h4-5H,2-3,8H2,1H3. The zero-order chi connectivity index (χ0) is 9.07. The summed E-state index contributed by atoms with van der Waals surface area (Å²) in [6.07, 6.45) is 0.0761. The van der Waals surface area contributed by atoms with E-state index in [0.717, 1.165) is 0 Å². The molecule has 0 rings (SSSR count). The number of sulfone groups is 1. The highest BCUT2D eigenvalue weighted by atomic mass is 32.2. The Labute approximate surface area is 64.5 Å². The minimum absolute atomic E-state index is 0.0761. The van der Waals surface area contributed by atoms with Gasteiger partial charge in [0.15, 0.2) is 0 Å². The quantitative estimate of drug-likeness (QED) is 0.691. The van der Waals surface area contributed by atoms with Crippen molar-refractivity contribution in [3.05, 3.63) is 0 Å². The molecular formula is C5H11F2NO2S. The highest BCUT2D eigenvalue weighted by Gasteiger charge is 2.30. The average molecular weight is 187 g/mol. The molecule has 68 valence electrons. The lowest BCUT2D eigenvalue weighted by Gasteiger charge is -2.09. The summed E-state index contributed by atoms with van der Waals surface area (Å²) in [5, 5.41) is -1.05. The maximum absolute atomic E-state index is 11.8. The Morgan fingerprint density at radius 1 is 1.45 bits per heavy atom. The van der Waals surface area contributed by atoms with E-state index in [-0.39, 0.29) is 13.0 Å². The third-order valence-corrected chi connectivity index (χ3v) is 3.24. The Morgan fingerprint density at radius 2 is 1.91 bits per heavy atom. The van der Waals surface area contributed by atoms with Crippen molar-refractivity contribution in [1.29, 1.82) is 0 Å². The molecule has 0 aromatic heterocycles. The van der Waals surface area contributed by atoms with Crippen LogP contribution >= 0.6 is 0 Å². The topological polar surface area (TPSA) is 60.2 Å². The molecule has 0 aromatic rings. The van der Waals surface area contributed by atoms with Crippen molar-refractivity contribution < 1.29 is 17.2 Å². The number of halogens is 2. The minimum Gasteiger partial charge on any atom is -0.330 e. The summed E-state index contributed by atoms with van der Waals surface area (Å²) in [7, 11) is -4.25. The maximum Gasteiger partial charge on any atom is 0.336 e. The van der Waals surface area contributed by atoms with Crippen molar-refractivity contribution in [2.45, 2.75) is 24.4 Å². The first-order valence-corrected chi connectivity index (χ1v) is 4.74. The molecule has 0 saturated carbocycles. The van der Waals surface area contributed by atoms with Crippen LogP contribution in [0.5, 0.6) is 0 Å². The fourth-order valence-corrected chi connectivity index (χ4v) is 1.39. The van der Waals surface area contributed by atoms with Crippen LogP contribution in [0, 0.1) is 0 Å². The van der Waals surface area contributed by atoms with Gasteiger partial charge >= 0.3 is 5.76 Å². The molecule has 3 nitrogen and oxygen atoms in total. The van der Waals surface area contributed by atoms with Gasteiger partial charge in [0.25, 0.3) is 0 Å². The second-order valence-corrected chi connectivity index (χ2v) is 4.58. The first kappa shape index (κ1) is 10.8. The van der Waals surface area contributed by atoms with Crippen LogP contribution < -0.4 is 5.73 Å². The van der Waals surface area contributed by atoms with Gasteiger partial charge < -0.3 is 5.73 Å². The molecule has 11 heavy (non-hydrogen) atoms. The van der Waals surface area contributed by atoms with Gasteiger partial charge in [0.05, 0.1) is 5.25 Å². The fourth-order valence-electron chi connectivity index (χ4n) is 0.575. The number of hydrogen-bond acceptors (Lipinski definition) is 3. The van der Waals surface area contributed by atoms with Crippen molar-refractivity contribution in [2.75, 3.05) is 6.54 Å². The lowest BCUT2D eigenvalue weighted by atomic mass is 10.3. The lowest BCUT2D eigenvalue weighted by Crippen LogP contribution is -2.26. The first-order valence-electron chi connectivity index (χ1n) is 3.14. The van der Waals surface area contributed by atoms with Gasteiger partial charge in [0, 0.05) is 0 Å². The Kier molecular flexibility index (Phi) is 3.88. The average Bonchev–Trinajstić information content (AvgIpc) is 1.88. The summed E-state index contributed by atoms with van der Waals surface area (Å²) in [6.45, 7) is 1.33. The predicted molar refractivity (Wildman–Crippen MR) is 38.1 cm³/mol. The zero-order valence-corrected chi connectivity index (χ0v) is 6.94. The van der Waals surface area contributed by atoms with Crippen LogP contribution in [-0.2, 0) is 9.84 Å². The van der Waals surface area contributed by atoms with Gasteiger partial charge in [-0.1, -0.05) is 0 Å². The molecule has 0 aliphatic heterocycles. The molecule has 0 spiro atoms. The van der Waals surface area contributed by atoms with Crippen molar-refractivity contribution in [3.63, 3.8) is 0 Å². The summed E-state index contributed by atoms with van der Waals surface area (Å²) in [5.41, 5.74) is 5.02. The van der Waals surface area contributed by atoms with Gasteiger partial charge in [-0.3, -0.25) is 0 Å². The van der Waals surface area contributed by atoms with E-state index >= 15 is 0 Å². The van der Waals surface area contributed by atoms with Crippen molar-refractivity contribution in [2.24, 2.45) is 5.73 Å². The van der Waals surface area contributed by atoms with E-state index in [1.54, 1.807) is 0 Å². The van der Waals surface area contributed by atoms with Crippen LogP contribution in [-0.4, -0.2) is 26.0 Å². The largest absolute Gasteiger partial charge is 0.336 e. The molecule has 0 amide bonds. The molecule has 0 radical (unpaired) electrons. The van der Waals surface area contributed by atoms with E-state index in [2.05, 4.69) is 0 Å². The molecule has 0 aliphatic carbocycles. The SMILES string of the molecule is CC(CCN)S(=O)(=O)C(F)F. The summed E-state index contributed by atoms with van der Waals surface area (Å²) in [5.74, 6) is -3.29. The van der Waals surface area contributed by atoms with Gasteiger partial charge in [-0.25, -0.2) is 8.42 Å². The van der Waals surface area contributed by atoms with Crippen LogP contribution in [0.4, 0.5) is 8.78 Å². The summed E-state index contributed by atoms with van der Waals surface area (Å²) < 4.78 is 44.7. The third-order valence-electron chi connectivity index (χ3n) is 1.38. The lowest BCUT2D eigenvalue weighted by molar-refractivity contribution is 0.233. The normalized spacial score (nSPS) is 15.4. The number of nitrogens with two attached hydrogens (primary N) is 1. The second kappa shape index (κ2) is 3.96. The van der Waals surface area contributed by atoms with Crippen LogP contribution in [0.15, 0.2) is 0 Å². The molecule has 2 N–H and O–H groups in total. The van der Waals surface area contributed by atoms with Gasteiger partial charge in [-0.15, -0.1) is 0 Å². The van der Waals surface area contributed by atoms with E-state index in [1.165, 1.54) is 6.92 Å². The Bertz CT molecular complexity index is 203. The van der Waals surface area contributed by atoms with Crippen molar-refractivity contribution >= 4 is 9.84 Å². The van der Waals surface area contributed by atoms with E-state index in [9.17, 15) is 17.2 Å². The summed E-state index contributed by atoms with van der Waals surface area (Å²) >= 11 is 0. The third kappa shape index (κ3) is 2.70. The highest BCUT2D eigenvalue weighted by Crippen LogP contribution is 2.13. The van der Waals surface area contributed by atoms with Crippen LogP contribution in [0.3, 0.4) is 0 Å². The first-order chi connectivity index (χ1) is 4.92. The molecule has 0 bridgehead atoms. The van der Waals surface area contributed by atoms with Crippen molar-refractivity contribution in [1.82, 2.24) is 0 Å². The Morgan fingerprint density at radius 3 is 2.18 bits per heavy atom. The highest BCUT2D eigenvalue weighted by molar-refractivity contribution is 7.92. The second-order valence-electron chi connectivity index (χ2n) is 2.24. The van der Waals surface area contributed by atoms with Crippen LogP contribution in [0.2, 0.25) is 0 Å². The van der Waals surface area contributed by atoms with E-state index in [1.807, 2.05) is 0 Å². The summed E-state index contributed by atoms with van der Waals surface area (Å²) in [6, 6.07) is 0. The van der Waals surface area contributed by atoms with Crippen molar-refractivity contribution in [3.8, 4) is 0 Å². The molecular weight excluding hydrogens is 176 g/mol. The molecule has 0 aromatic carbocycles. The van der Waals surface area contributed by atoms with E-state index in [0.29, 0.717) is 0 Å². The van der Waals surface area contributed by atoms with Crippen LogP contribution in [0.25, 0.3) is 0 Å². The van der Waals surface area contributed by atoms with Gasteiger partial charge in [0.1, 0.15) is 0 Å². The molecule has 1 unspecified atom stereocenters. The predicted octanol–water partition coefficient (Wildman–Crippen LogP) is 0.361.